The van der Waals surface area contributed by atoms with Crippen molar-refractivity contribution in [3.05, 3.63) is 70.3 Å². The Hall–Kier alpha value is -3.68. The first kappa shape index (κ1) is 18.7. The maximum atomic E-state index is 11.8. The fraction of sp³-hybridized carbons (Fsp3) is 0.238. The van der Waals surface area contributed by atoms with Gasteiger partial charge in [0.2, 0.25) is 0 Å². The van der Waals surface area contributed by atoms with Crippen LogP contribution in [0.1, 0.15) is 31.4 Å². The molecule has 1 saturated carbocycles. The van der Waals surface area contributed by atoms with Gasteiger partial charge in [0.1, 0.15) is 5.82 Å². The molecule has 1 aliphatic rings. The van der Waals surface area contributed by atoms with Crippen LogP contribution in [0.15, 0.2) is 54.6 Å². The van der Waals surface area contributed by atoms with E-state index in [2.05, 4.69) is 20.9 Å². The smallest absolute Gasteiger partial charge is 0.319 e. The van der Waals surface area contributed by atoms with Crippen LogP contribution in [-0.4, -0.2) is 22.0 Å². The molecule has 1 fully saturated rings. The summed E-state index contributed by atoms with van der Waals surface area (Å²) in [6, 6.07) is 16.0. The lowest BCUT2D eigenvalue weighted by atomic mass is 10.1. The van der Waals surface area contributed by atoms with Crippen molar-refractivity contribution in [3.8, 4) is 0 Å². The molecule has 3 N–H and O–H groups in total. The van der Waals surface area contributed by atoms with Crippen LogP contribution < -0.4 is 16.0 Å². The number of carbonyl (C=O) groups is 1. The van der Waals surface area contributed by atoms with Crippen molar-refractivity contribution in [1.29, 1.82) is 0 Å². The number of nitrogens with zero attached hydrogens (tertiary/aromatic N) is 2. The quantitative estimate of drug-likeness (QED) is 0.420. The summed E-state index contributed by atoms with van der Waals surface area (Å²) in [5.74, 6) is 0.685. The third-order valence-electron chi connectivity index (χ3n) is 4.83. The summed E-state index contributed by atoms with van der Waals surface area (Å²) in [4.78, 5) is 26.8. The number of urea groups is 1. The van der Waals surface area contributed by atoms with Crippen LogP contribution in [-0.2, 0) is 0 Å². The zero-order valence-electron chi connectivity index (χ0n) is 15.9. The van der Waals surface area contributed by atoms with Gasteiger partial charge in [0.05, 0.1) is 10.4 Å². The minimum atomic E-state index is -0.415. The van der Waals surface area contributed by atoms with Crippen molar-refractivity contribution in [2.75, 3.05) is 10.6 Å². The maximum Gasteiger partial charge on any atom is 0.319 e. The Morgan fingerprint density at radius 2 is 1.90 bits per heavy atom. The van der Waals surface area contributed by atoms with Crippen molar-refractivity contribution >= 4 is 34.1 Å². The number of amides is 2. The second kappa shape index (κ2) is 7.75. The first-order valence-electron chi connectivity index (χ1n) is 9.47. The lowest BCUT2D eigenvalue weighted by Crippen LogP contribution is -2.30. The Labute approximate surface area is 167 Å². The third kappa shape index (κ3) is 4.60. The Balaban J connectivity index is 1.41. The first-order chi connectivity index (χ1) is 14.0. The molecule has 0 saturated heterocycles. The van der Waals surface area contributed by atoms with E-state index in [-0.39, 0.29) is 17.8 Å². The molecule has 29 heavy (non-hydrogen) atoms. The number of fused-ring (bicyclic) bond motifs is 1. The van der Waals surface area contributed by atoms with Crippen LogP contribution >= 0.6 is 0 Å². The SMILES string of the molecule is CC(Nc1ccc2cc([N+](=O)[O-])ccc2n1)c1ccc(NC(=O)NC2CC2)cc1. The van der Waals surface area contributed by atoms with Gasteiger partial charge in [0.25, 0.3) is 5.69 Å². The topological polar surface area (TPSA) is 109 Å². The number of benzene rings is 2. The van der Waals surface area contributed by atoms with E-state index in [0.717, 1.165) is 29.5 Å². The van der Waals surface area contributed by atoms with Gasteiger partial charge in [0.15, 0.2) is 0 Å². The Bertz CT molecular complexity index is 1060. The molecule has 8 nitrogen and oxygen atoms in total. The number of carbonyl (C=O) groups excluding carboxylic acids is 1. The van der Waals surface area contributed by atoms with E-state index in [1.54, 1.807) is 12.1 Å². The minimum absolute atomic E-state index is 0.00709. The molecule has 8 heteroatoms. The number of non-ortho nitro benzene ring substituents is 1. The molecule has 1 atom stereocenters. The minimum Gasteiger partial charge on any atom is -0.364 e. The van der Waals surface area contributed by atoms with Crippen molar-refractivity contribution in [2.45, 2.75) is 31.8 Å². The van der Waals surface area contributed by atoms with Gasteiger partial charge in [0, 0.05) is 35.3 Å². The molecule has 0 bridgehead atoms. The number of anilines is 2. The molecule has 2 aromatic carbocycles. The van der Waals surface area contributed by atoms with Gasteiger partial charge in [-0.15, -0.1) is 0 Å². The number of aromatic nitrogens is 1. The number of pyridine rings is 1. The zero-order valence-corrected chi connectivity index (χ0v) is 15.9. The lowest BCUT2D eigenvalue weighted by Gasteiger charge is -2.16. The molecule has 148 valence electrons. The molecule has 3 aromatic rings. The van der Waals surface area contributed by atoms with Crippen LogP contribution in [0.4, 0.5) is 22.0 Å². The predicted octanol–water partition coefficient (Wildman–Crippen LogP) is 4.60. The summed E-state index contributed by atoms with van der Waals surface area (Å²) >= 11 is 0. The van der Waals surface area contributed by atoms with Gasteiger partial charge in [-0.05, 0) is 55.7 Å². The summed E-state index contributed by atoms with van der Waals surface area (Å²) in [5, 5.41) is 20.7. The van der Waals surface area contributed by atoms with Crippen molar-refractivity contribution in [2.24, 2.45) is 0 Å². The molecule has 0 aliphatic heterocycles. The number of rotatable bonds is 6. The van der Waals surface area contributed by atoms with E-state index in [4.69, 9.17) is 0 Å². The molecule has 1 aliphatic carbocycles. The van der Waals surface area contributed by atoms with Gasteiger partial charge in [-0.2, -0.15) is 0 Å². The molecule has 2 amide bonds. The molecule has 1 unspecified atom stereocenters. The van der Waals surface area contributed by atoms with E-state index in [9.17, 15) is 14.9 Å². The highest BCUT2D eigenvalue weighted by atomic mass is 16.6. The second-order valence-electron chi connectivity index (χ2n) is 7.19. The highest BCUT2D eigenvalue weighted by Gasteiger charge is 2.23. The van der Waals surface area contributed by atoms with Crippen molar-refractivity contribution < 1.29 is 9.72 Å². The fourth-order valence-electron chi connectivity index (χ4n) is 3.05. The average Bonchev–Trinajstić information content (AvgIpc) is 3.51. The Kier molecular flexibility index (Phi) is 4.99. The van der Waals surface area contributed by atoms with Crippen molar-refractivity contribution in [1.82, 2.24) is 10.3 Å². The average molecular weight is 391 g/mol. The largest absolute Gasteiger partial charge is 0.364 e. The molecular weight excluding hydrogens is 370 g/mol. The normalized spacial score (nSPS) is 14.2. The van der Waals surface area contributed by atoms with Gasteiger partial charge in [-0.3, -0.25) is 10.1 Å². The van der Waals surface area contributed by atoms with Crippen LogP contribution in [0.5, 0.6) is 0 Å². The summed E-state index contributed by atoms with van der Waals surface area (Å²) in [6.45, 7) is 2.02. The maximum absolute atomic E-state index is 11.8. The number of hydrogen-bond acceptors (Lipinski definition) is 5. The molecule has 1 heterocycles. The molecule has 0 spiro atoms. The summed E-state index contributed by atoms with van der Waals surface area (Å²) in [6.07, 6.45) is 2.10. The van der Waals surface area contributed by atoms with Crippen LogP contribution in [0.3, 0.4) is 0 Å². The summed E-state index contributed by atoms with van der Waals surface area (Å²) in [7, 11) is 0. The van der Waals surface area contributed by atoms with Gasteiger partial charge < -0.3 is 16.0 Å². The zero-order chi connectivity index (χ0) is 20.4. The van der Waals surface area contributed by atoms with E-state index in [0.29, 0.717) is 17.4 Å². The van der Waals surface area contributed by atoms with Gasteiger partial charge in [-0.1, -0.05) is 12.1 Å². The first-order valence-corrected chi connectivity index (χ1v) is 9.47. The summed E-state index contributed by atoms with van der Waals surface area (Å²) < 4.78 is 0. The highest BCUT2D eigenvalue weighted by Crippen LogP contribution is 2.24. The number of nitro groups is 1. The molecular formula is C21H21N5O3. The predicted molar refractivity (Wildman–Crippen MR) is 112 cm³/mol. The van der Waals surface area contributed by atoms with E-state index in [1.807, 2.05) is 37.3 Å². The molecule has 1 aromatic heterocycles. The van der Waals surface area contributed by atoms with E-state index < -0.39 is 4.92 Å². The van der Waals surface area contributed by atoms with E-state index >= 15 is 0 Å². The third-order valence-corrected chi connectivity index (χ3v) is 4.83. The van der Waals surface area contributed by atoms with Crippen molar-refractivity contribution in [3.63, 3.8) is 0 Å². The van der Waals surface area contributed by atoms with E-state index in [1.165, 1.54) is 12.1 Å². The number of nitrogens with one attached hydrogen (secondary N) is 3. The monoisotopic (exact) mass is 391 g/mol. The Morgan fingerprint density at radius 1 is 1.14 bits per heavy atom. The summed E-state index contributed by atoms with van der Waals surface area (Å²) in [5.41, 5.74) is 2.52. The Morgan fingerprint density at radius 3 is 2.59 bits per heavy atom. The fourth-order valence-corrected chi connectivity index (χ4v) is 3.05. The number of nitro benzene ring substituents is 1. The van der Waals surface area contributed by atoms with Gasteiger partial charge >= 0.3 is 6.03 Å². The van der Waals surface area contributed by atoms with Gasteiger partial charge in [-0.25, -0.2) is 9.78 Å². The highest BCUT2D eigenvalue weighted by molar-refractivity contribution is 5.89. The van der Waals surface area contributed by atoms with Crippen LogP contribution in [0.25, 0.3) is 10.9 Å². The standard InChI is InChI=1S/C21H21N5O3/c1-13(14-2-5-16(6-3-14)23-21(27)24-17-7-8-17)22-20-11-4-15-12-18(26(28)29)9-10-19(15)25-20/h2-6,9-13,17H,7-8H2,1H3,(H,22,25)(H2,23,24,27). The number of hydrogen-bond donors (Lipinski definition) is 3. The van der Waals surface area contributed by atoms with Crippen LogP contribution in [0, 0.1) is 10.1 Å². The molecule has 4 rings (SSSR count). The lowest BCUT2D eigenvalue weighted by molar-refractivity contribution is -0.384. The van der Waals surface area contributed by atoms with Crippen LogP contribution in [0.2, 0.25) is 0 Å². The second-order valence-corrected chi connectivity index (χ2v) is 7.19. The molecule has 0 radical (unpaired) electrons.